The number of rotatable bonds is 10. The van der Waals surface area contributed by atoms with E-state index in [1.165, 1.54) is 38.5 Å². The molecule has 0 bridgehead atoms. The van der Waals surface area contributed by atoms with Crippen molar-refractivity contribution in [3.8, 4) is 11.5 Å². The van der Waals surface area contributed by atoms with Crippen LogP contribution in [0.2, 0.25) is 10.0 Å². The van der Waals surface area contributed by atoms with Crippen molar-refractivity contribution in [1.29, 1.82) is 0 Å². The van der Waals surface area contributed by atoms with Crippen molar-refractivity contribution >= 4 is 46.5 Å². The molecule has 8 nitrogen and oxygen atoms in total. The van der Waals surface area contributed by atoms with E-state index in [1.807, 2.05) is 0 Å². The third-order valence-corrected chi connectivity index (χ3v) is 5.99. The summed E-state index contributed by atoms with van der Waals surface area (Å²) in [6.07, 6.45) is 2.02. The highest BCUT2D eigenvalue weighted by Gasteiger charge is 2.25. The molecule has 2 aromatic rings. The van der Waals surface area contributed by atoms with Crippen LogP contribution in [0.5, 0.6) is 11.5 Å². The van der Waals surface area contributed by atoms with E-state index >= 15 is 0 Å². The molecule has 0 unspecified atom stereocenters. The van der Waals surface area contributed by atoms with E-state index in [0.717, 1.165) is 21.1 Å². The molecular formula is C25H26Cl2F3N3O5. The number of methoxy groups -OCH3 is 2. The summed E-state index contributed by atoms with van der Waals surface area (Å²) in [5.74, 6) is -2.93. The van der Waals surface area contributed by atoms with Crippen molar-refractivity contribution < 1.29 is 37.3 Å². The highest BCUT2D eigenvalue weighted by Crippen LogP contribution is 2.39. The third-order valence-electron chi connectivity index (χ3n) is 5.42. The predicted octanol–water partition coefficient (Wildman–Crippen LogP) is 5.87. The van der Waals surface area contributed by atoms with Crippen molar-refractivity contribution in [2.75, 3.05) is 35.4 Å². The van der Waals surface area contributed by atoms with E-state index in [-0.39, 0.29) is 67.3 Å². The van der Waals surface area contributed by atoms with Crippen LogP contribution in [0.1, 0.15) is 51.1 Å². The summed E-state index contributed by atoms with van der Waals surface area (Å²) in [5, 5.41) is -0.338. The second-order valence-corrected chi connectivity index (χ2v) is 8.84. The molecule has 206 valence electrons. The maximum absolute atomic E-state index is 13.8. The molecule has 0 N–H and O–H groups in total. The Hall–Kier alpha value is -3.44. The monoisotopic (exact) mass is 575 g/mol. The Labute approximate surface area is 227 Å². The number of unbranched alkanes of at least 4 members (excludes halogenated alkanes) is 1. The van der Waals surface area contributed by atoms with Gasteiger partial charge in [0.15, 0.2) is 0 Å². The first-order chi connectivity index (χ1) is 17.8. The molecule has 13 heteroatoms. The van der Waals surface area contributed by atoms with Crippen LogP contribution in [0.25, 0.3) is 5.57 Å². The molecule has 0 spiro atoms. The average molecular weight is 576 g/mol. The number of nitrogens with zero attached hydrogens (tertiary/aromatic N) is 3. The zero-order valence-corrected chi connectivity index (χ0v) is 22.8. The fourth-order valence-electron chi connectivity index (χ4n) is 3.62. The quantitative estimate of drug-likeness (QED) is 0.261. The number of halogens is 5. The van der Waals surface area contributed by atoms with Crippen molar-refractivity contribution in [1.82, 2.24) is 15.4 Å². The smallest absolute Gasteiger partial charge is 0.285 e. The number of carbonyl (C=O) groups excluding carboxylic acids is 3. The van der Waals surface area contributed by atoms with E-state index < -0.39 is 17.7 Å². The standard InChI is InChI=1S/C25H26Cl2F3N3O5/c1-31(28)21(34)9-7-6-8-16(14-10-17(24(35)32(2)29)22(37-4)19(26)12-14)15-11-18(25(36)33(3)30)23(38-5)20(27)13-15/h8,10-13H,6-7,9H2,1-5H3. The number of ether oxygens (including phenoxy) is 2. The molecule has 0 atom stereocenters. The normalized spacial score (nSPS) is 10.5. The fourth-order valence-corrected chi connectivity index (χ4v) is 4.21. The second-order valence-electron chi connectivity index (χ2n) is 8.02. The average Bonchev–Trinajstić information content (AvgIpc) is 2.86. The minimum absolute atomic E-state index is 0.0188. The second kappa shape index (κ2) is 13.4. The third kappa shape index (κ3) is 7.11. The van der Waals surface area contributed by atoms with Crippen LogP contribution in [0.15, 0.2) is 30.3 Å². The number of hydrogen-bond donors (Lipinski definition) is 0. The number of hydrogen-bond acceptors (Lipinski definition) is 5. The number of allylic oxidation sites excluding steroid dienone is 1. The van der Waals surface area contributed by atoms with Gasteiger partial charge in [-0.15, -0.1) is 0 Å². The molecular weight excluding hydrogens is 550 g/mol. The van der Waals surface area contributed by atoms with Gasteiger partial charge in [0.1, 0.15) is 11.5 Å². The lowest BCUT2D eigenvalue weighted by atomic mass is 9.92. The van der Waals surface area contributed by atoms with Gasteiger partial charge in [-0.05, 0) is 53.8 Å². The van der Waals surface area contributed by atoms with Crippen molar-refractivity contribution in [3.63, 3.8) is 0 Å². The molecule has 38 heavy (non-hydrogen) atoms. The van der Waals surface area contributed by atoms with Gasteiger partial charge in [0.05, 0.1) is 35.4 Å². The lowest BCUT2D eigenvalue weighted by Gasteiger charge is -2.18. The predicted molar refractivity (Wildman–Crippen MR) is 137 cm³/mol. The first kappa shape index (κ1) is 30.8. The first-order valence-electron chi connectivity index (χ1n) is 11.1. The van der Waals surface area contributed by atoms with Crippen LogP contribution >= 0.6 is 23.2 Å². The van der Waals surface area contributed by atoms with E-state index in [0.29, 0.717) is 16.7 Å². The van der Waals surface area contributed by atoms with E-state index in [2.05, 4.69) is 0 Å². The van der Waals surface area contributed by atoms with Crippen LogP contribution in [0.4, 0.5) is 13.4 Å². The van der Waals surface area contributed by atoms with Crippen LogP contribution in [-0.4, -0.2) is 68.5 Å². The summed E-state index contributed by atoms with van der Waals surface area (Å²) in [6, 6.07) is 5.55. The molecule has 2 aromatic carbocycles. The molecule has 0 saturated heterocycles. The van der Waals surface area contributed by atoms with Gasteiger partial charge in [-0.3, -0.25) is 14.4 Å². The minimum Gasteiger partial charge on any atom is -0.494 e. The van der Waals surface area contributed by atoms with Gasteiger partial charge in [-0.2, -0.15) is 15.4 Å². The Kier molecular flexibility index (Phi) is 10.8. The molecule has 0 saturated carbocycles. The van der Waals surface area contributed by atoms with Gasteiger partial charge in [-0.25, -0.2) is 0 Å². The van der Waals surface area contributed by atoms with Crippen LogP contribution in [0, 0.1) is 0 Å². The van der Waals surface area contributed by atoms with Gasteiger partial charge in [0.25, 0.3) is 11.8 Å². The maximum atomic E-state index is 13.8. The topological polar surface area (TPSA) is 79.4 Å². The molecule has 2 rings (SSSR count). The van der Waals surface area contributed by atoms with E-state index in [9.17, 15) is 27.8 Å². The maximum Gasteiger partial charge on any atom is 0.285 e. The summed E-state index contributed by atoms with van der Waals surface area (Å²) >= 11 is 12.7. The number of carbonyl (C=O) groups is 3. The van der Waals surface area contributed by atoms with Gasteiger partial charge in [0, 0.05) is 27.6 Å². The zero-order chi connectivity index (χ0) is 28.7. The Balaban J connectivity index is 2.77. The first-order valence-corrected chi connectivity index (χ1v) is 11.9. The molecule has 0 aliphatic carbocycles. The molecule has 0 aromatic heterocycles. The Morgan fingerprint density at radius 1 is 0.789 bits per heavy atom. The van der Waals surface area contributed by atoms with Crippen LogP contribution < -0.4 is 9.47 Å². The Bertz CT molecular complexity index is 1170. The van der Waals surface area contributed by atoms with Crippen molar-refractivity contribution in [3.05, 3.63) is 62.6 Å². The van der Waals surface area contributed by atoms with Crippen LogP contribution in [-0.2, 0) is 4.79 Å². The fraction of sp³-hybridized carbons (Fsp3) is 0.320. The molecule has 3 amide bonds. The highest BCUT2D eigenvalue weighted by atomic mass is 35.5. The van der Waals surface area contributed by atoms with E-state index in [1.54, 1.807) is 6.08 Å². The summed E-state index contributed by atoms with van der Waals surface area (Å²) in [5.41, 5.74) is 0.552. The van der Waals surface area contributed by atoms with Crippen LogP contribution in [0.3, 0.4) is 0 Å². The number of benzene rings is 2. The summed E-state index contributed by atoms with van der Waals surface area (Å²) < 4.78 is 51.1. The molecule has 0 fully saturated rings. The van der Waals surface area contributed by atoms with Crippen molar-refractivity contribution in [2.45, 2.75) is 19.3 Å². The molecule has 0 heterocycles. The largest absolute Gasteiger partial charge is 0.494 e. The Morgan fingerprint density at radius 2 is 1.21 bits per heavy atom. The SMILES string of the molecule is COc1c(Cl)cc(C(=CCCCC(=O)N(C)F)c2cc(Cl)c(OC)c(C(=O)N(C)F)c2)cc1C(=O)N(C)F. The summed E-state index contributed by atoms with van der Waals surface area (Å²) in [4.78, 5) is 36.7. The van der Waals surface area contributed by atoms with Gasteiger partial charge < -0.3 is 9.47 Å². The van der Waals surface area contributed by atoms with Crippen molar-refractivity contribution in [2.24, 2.45) is 0 Å². The Morgan fingerprint density at radius 3 is 1.55 bits per heavy atom. The van der Waals surface area contributed by atoms with Gasteiger partial charge in [0.2, 0.25) is 5.91 Å². The van der Waals surface area contributed by atoms with Gasteiger partial charge in [-0.1, -0.05) is 42.7 Å². The zero-order valence-electron chi connectivity index (χ0n) is 21.3. The van der Waals surface area contributed by atoms with E-state index in [4.69, 9.17) is 32.7 Å². The van der Waals surface area contributed by atoms with Gasteiger partial charge >= 0.3 is 0 Å². The summed E-state index contributed by atoms with van der Waals surface area (Å²) in [7, 11) is 5.34. The molecule has 0 aliphatic heterocycles. The lowest BCUT2D eigenvalue weighted by molar-refractivity contribution is -0.143. The highest BCUT2D eigenvalue weighted by molar-refractivity contribution is 6.33. The summed E-state index contributed by atoms with van der Waals surface area (Å²) in [6.45, 7) is 0. The minimum atomic E-state index is -1.04. The lowest BCUT2D eigenvalue weighted by Crippen LogP contribution is -2.19. The number of amides is 3. The molecule has 0 radical (unpaired) electrons. The molecule has 0 aliphatic rings.